The first-order chi connectivity index (χ1) is 9.20. The maximum atomic E-state index is 6.10. The van der Waals surface area contributed by atoms with Crippen molar-refractivity contribution in [1.29, 1.82) is 0 Å². The lowest BCUT2D eigenvalue weighted by molar-refractivity contribution is 0.796. The van der Waals surface area contributed by atoms with Crippen molar-refractivity contribution in [3.05, 3.63) is 47.5 Å². The van der Waals surface area contributed by atoms with Gasteiger partial charge in [-0.2, -0.15) is 0 Å². The lowest BCUT2D eigenvalue weighted by Gasteiger charge is -2.07. The van der Waals surface area contributed by atoms with E-state index in [0.717, 1.165) is 29.0 Å². The van der Waals surface area contributed by atoms with Gasteiger partial charge in [0.15, 0.2) is 0 Å². The topological polar surface area (TPSA) is 43.8 Å². The molecule has 0 aliphatic carbocycles. The molecule has 0 saturated heterocycles. The van der Waals surface area contributed by atoms with E-state index in [4.69, 9.17) is 17.3 Å². The standard InChI is InChI=1S/C15H14ClN3/c1-2-19-14-6-4-3-5-13(14)18-15(19)10-7-8-12(17)11(16)9-10/h3-9H,2,17H2,1H3. The van der Waals surface area contributed by atoms with Crippen molar-refractivity contribution in [1.82, 2.24) is 9.55 Å². The molecule has 19 heavy (non-hydrogen) atoms. The number of hydrogen-bond donors (Lipinski definition) is 1. The fraction of sp³-hybridized carbons (Fsp3) is 0.133. The van der Waals surface area contributed by atoms with E-state index in [1.807, 2.05) is 36.4 Å². The number of hydrogen-bond acceptors (Lipinski definition) is 2. The Labute approximate surface area is 116 Å². The van der Waals surface area contributed by atoms with E-state index < -0.39 is 0 Å². The van der Waals surface area contributed by atoms with E-state index in [2.05, 4.69) is 22.5 Å². The molecule has 0 fully saturated rings. The van der Waals surface area contributed by atoms with Crippen molar-refractivity contribution in [2.45, 2.75) is 13.5 Å². The fourth-order valence-electron chi connectivity index (χ4n) is 2.28. The van der Waals surface area contributed by atoms with Crippen LogP contribution in [0.5, 0.6) is 0 Å². The third-order valence-electron chi connectivity index (χ3n) is 3.23. The zero-order valence-corrected chi connectivity index (χ0v) is 11.4. The van der Waals surface area contributed by atoms with E-state index >= 15 is 0 Å². The van der Waals surface area contributed by atoms with Crippen molar-refractivity contribution in [2.24, 2.45) is 0 Å². The summed E-state index contributed by atoms with van der Waals surface area (Å²) in [6.45, 7) is 2.97. The summed E-state index contributed by atoms with van der Waals surface area (Å²) in [5.41, 5.74) is 9.45. The number of anilines is 1. The number of rotatable bonds is 2. The van der Waals surface area contributed by atoms with Crippen molar-refractivity contribution in [3.8, 4) is 11.4 Å². The third kappa shape index (κ3) is 1.96. The molecular formula is C15H14ClN3. The molecule has 0 atom stereocenters. The second kappa shape index (κ2) is 4.59. The Morgan fingerprint density at radius 3 is 2.74 bits per heavy atom. The van der Waals surface area contributed by atoms with Crippen LogP contribution in [0.25, 0.3) is 22.4 Å². The Balaban J connectivity index is 2.26. The van der Waals surface area contributed by atoms with Crippen molar-refractivity contribution >= 4 is 28.3 Å². The Hall–Kier alpha value is -2.00. The minimum atomic E-state index is 0.562. The first kappa shape index (κ1) is 12.1. The number of nitrogens with zero attached hydrogens (tertiary/aromatic N) is 2. The molecule has 0 unspecified atom stereocenters. The van der Waals surface area contributed by atoms with Crippen molar-refractivity contribution in [3.63, 3.8) is 0 Å². The highest BCUT2D eigenvalue weighted by molar-refractivity contribution is 6.33. The van der Waals surface area contributed by atoms with Gasteiger partial charge in [0.05, 0.1) is 21.7 Å². The van der Waals surface area contributed by atoms with Gasteiger partial charge in [-0.05, 0) is 37.3 Å². The molecule has 0 radical (unpaired) electrons. The van der Waals surface area contributed by atoms with Crippen LogP contribution in [0.3, 0.4) is 0 Å². The minimum absolute atomic E-state index is 0.562. The number of aromatic nitrogens is 2. The van der Waals surface area contributed by atoms with Crippen LogP contribution in [-0.4, -0.2) is 9.55 Å². The molecule has 3 rings (SSSR count). The number of aryl methyl sites for hydroxylation is 1. The molecule has 1 aromatic heterocycles. The number of benzene rings is 2. The number of fused-ring (bicyclic) bond motifs is 1. The van der Waals surface area contributed by atoms with Crippen molar-refractivity contribution < 1.29 is 0 Å². The Kier molecular flexibility index (Phi) is 2.91. The minimum Gasteiger partial charge on any atom is -0.398 e. The van der Waals surface area contributed by atoms with E-state index in [0.29, 0.717) is 10.7 Å². The van der Waals surface area contributed by atoms with Gasteiger partial charge in [-0.3, -0.25) is 0 Å². The highest BCUT2D eigenvalue weighted by Gasteiger charge is 2.11. The van der Waals surface area contributed by atoms with Crippen molar-refractivity contribution in [2.75, 3.05) is 5.73 Å². The second-order valence-corrected chi connectivity index (χ2v) is 4.81. The average molecular weight is 272 g/mol. The lowest BCUT2D eigenvalue weighted by atomic mass is 10.2. The fourth-order valence-corrected chi connectivity index (χ4v) is 2.46. The number of imidazole rings is 1. The van der Waals surface area contributed by atoms with Crippen LogP contribution in [0.4, 0.5) is 5.69 Å². The summed E-state index contributed by atoms with van der Waals surface area (Å²) in [6.07, 6.45) is 0. The predicted molar refractivity (Wildman–Crippen MR) is 80.3 cm³/mol. The number of halogens is 1. The van der Waals surface area contributed by atoms with E-state index in [9.17, 15) is 0 Å². The largest absolute Gasteiger partial charge is 0.398 e. The zero-order valence-electron chi connectivity index (χ0n) is 10.6. The van der Waals surface area contributed by atoms with Crippen LogP contribution >= 0.6 is 11.6 Å². The molecule has 0 aliphatic rings. The highest BCUT2D eigenvalue weighted by atomic mass is 35.5. The molecule has 0 amide bonds. The van der Waals surface area contributed by atoms with Crippen LogP contribution in [0, 0.1) is 0 Å². The summed E-state index contributed by atoms with van der Waals surface area (Å²) >= 11 is 6.10. The van der Waals surface area contributed by atoms with Gasteiger partial charge in [-0.25, -0.2) is 4.98 Å². The first-order valence-electron chi connectivity index (χ1n) is 6.21. The molecule has 0 spiro atoms. The number of nitrogens with two attached hydrogens (primary N) is 1. The summed E-state index contributed by atoms with van der Waals surface area (Å²) in [4.78, 5) is 4.69. The van der Waals surface area contributed by atoms with Crippen LogP contribution < -0.4 is 5.73 Å². The smallest absolute Gasteiger partial charge is 0.141 e. The quantitative estimate of drug-likeness (QED) is 0.717. The summed E-state index contributed by atoms with van der Waals surface area (Å²) in [7, 11) is 0. The maximum Gasteiger partial charge on any atom is 0.141 e. The Bertz CT molecular complexity index is 746. The molecule has 1 heterocycles. The normalized spacial score (nSPS) is 11.1. The van der Waals surface area contributed by atoms with Crippen LogP contribution in [0.1, 0.15) is 6.92 Å². The van der Waals surface area contributed by atoms with Gasteiger partial charge in [-0.15, -0.1) is 0 Å². The van der Waals surface area contributed by atoms with Gasteiger partial charge >= 0.3 is 0 Å². The summed E-state index contributed by atoms with van der Waals surface area (Å²) in [5.74, 6) is 0.922. The Morgan fingerprint density at radius 1 is 1.21 bits per heavy atom. The van der Waals surface area contributed by atoms with Gasteiger partial charge < -0.3 is 10.3 Å². The summed E-state index contributed by atoms with van der Waals surface area (Å²) in [6, 6.07) is 13.7. The third-order valence-corrected chi connectivity index (χ3v) is 3.56. The molecule has 96 valence electrons. The molecule has 2 aromatic carbocycles. The maximum absolute atomic E-state index is 6.10. The van der Waals surface area contributed by atoms with Crippen LogP contribution in [0.2, 0.25) is 5.02 Å². The average Bonchev–Trinajstić information content (AvgIpc) is 2.80. The molecular weight excluding hydrogens is 258 g/mol. The zero-order chi connectivity index (χ0) is 13.4. The molecule has 3 aromatic rings. The van der Waals surface area contributed by atoms with E-state index in [1.54, 1.807) is 0 Å². The number of para-hydroxylation sites is 2. The van der Waals surface area contributed by atoms with E-state index in [-0.39, 0.29) is 0 Å². The first-order valence-corrected chi connectivity index (χ1v) is 6.59. The lowest BCUT2D eigenvalue weighted by Crippen LogP contribution is -1.97. The monoisotopic (exact) mass is 271 g/mol. The molecule has 3 nitrogen and oxygen atoms in total. The SMILES string of the molecule is CCn1c(-c2ccc(N)c(Cl)c2)nc2ccccc21. The van der Waals surface area contributed by atoms with Crippen LogP contribution in [-0.2, 0) is 6.54 Å². The highest BCUT2D eigenvalue weighted by Crippen LogP contribution is 2.29. The summed E-state index contributed by atoms with van der Waals surface area (Å²) < 4.78 is 2.18. The van der Waals surface area contributed by atoms with E-state index in [1.165, 1.54) is 0 Å². The van der Waals surface area contributed by atoms with Gasteiger partial charge in [-0.1, -0.05) is 23.7 Å². The Morgan fingerprint density at radius 2 is 2.00 bits per heavy atom. The predicted octanol–water partition coefficient (Wildman–Crippen LogP) is 3.96. The second-order valence-electron chi connectivity index (χ2n) is 4.40. The molecule has 2 N–H and O–H groups in total. The molecule has 0 bridgehead atoms. The molecule has 0 aliphatic heterocycles. The molecule has 4 heteroatoms. The van der Waals surface area contributed by atoms with Gasteiger partial charge in [0.25, 0.3) is 0 Å². The molecule has 0 saturated carbocycles. The van der Waals surface area contributed by atoms with Gasteiger partial charge in [0.1, 0.15) is 5.82 Å². The van der Waals surface area contributed by atoms with Gasteiger partial charge in [0, 0.05) is 12.1 Å². The van der Waals surface area contributed by atoms with Crippen LogP contribution in [0.15, 0.2) is 42.5 Å². The summed E-state index contributed by atoms with van der Waals surface area (Å²) in [5, 5.41) is 0.562. The number of nitrogen functional groups attached to an aromatic ring is 1. The van der Waals surface area contributed by atoms with Gasteiger partial charge in [0.2, 0.25) is 0 Å².